The van der Waals surface area contributed by atoms with Gasteiger partial charge in [-0.2, -0.15) is 13.2 Å². The van der Waals surface area contributed by atoms with E-state index < -0.39 is 11.7 Å². The molecular formula is C26H28F3N5. The summed E-state index contributed by atoms with van der Waals surface area (Å²) < 4.78 is 40.4. The van der Waals surface area contributed by atoms with Gasteiger partial charge in [-0.15, -0.1) is 0 Å². The summed E-state index contributed by atoms with van der Waals surface area (Å²) in [7, 11) is 0. The van der Waals surface area contributed by atoms with Crippen LogP contribution in [0.3, 0.4) is 0 Å². The highest BCUT2D eigenvalue weighted by molar-refractivity contribution is 6.07. The van der Waals surface area contributed by atoms with E-state index >= 15 is 0 Å². The summed E-state index contributed by atoms with van der Waals surface area (Å²) in [5.41, 5.74) is 15.1. The fourth-order valence-corrected chi connectivity index (χ4v) is 3.44. The van der Waals surface area contributed by atoms with Gasteiger partial charge in [0.25, 0.3) is 0 Å². The number of nitrogens with two attached hydrogens (primary N) is 2. The number of alkyl halides is 3. The molecule has 3 aromatic rings. The first-order chi connectivity index (χ1) is 16.2. The molecule has 5 nitrogen and oxygen atoms in total. The molecule has 0 aliphatic carbocycles. The summed E-state index contributed by atoms with van der Waals surface area (Å²) in [6.07, 6.45) is -3.55. The lowest BCUT2D eigenvalue weighted by molar-refractivity contribution is -0.138. The minimum Gasteiger partial charge on any atom is -0.399 e. The van der Waals surface area contributed by atoms with Crippen LogP contribution in [0.1, 0.15) is 35.6 Å². The molecule has 0 aliphatic heterocycles. The van der Waals surface area contributed by atoms with Crippen LogP contribution in [-0.4, -0.2) is 12.4 Å². The van der Waals surface area contributed by atoms with E-state index in [-0.39, 0.29) is 12.1 Å². The average Bonchev–Trinajstić information content (AvgIpc) is 2.81. The fraction of sp³-hybridized carbons (Fsp3) is 0.192. The monoisotopic (exact) mass is 467 g/mol. The Morgan fingerprint density at radius 2 is 1.68 bits per heavy atom. The van der Waals surface area contributed by atoms with Crippen LogP contribution in [0.2, 0.25) is 0 Å². The molecule has 0 aliphatic rings. The topological polar surface area (TPSA) is 88.5 Å². The molecule has 0 saturated carbocycles. The Labute approximate surface area is 197 Å². The summed E-state index contributed by atoms with van der Waals surface area (Å²) in [6, 6.07) is 17.8. The second-order valence-electron chi connectivity index (χ2n) is 7.74. The van der Waals surface area contributed by atoms with Crippen molar-refractivity contribution in [1.82, 2.24) is 5.32 Å². The van der Waals surface area contributed by atoms with Gasteiger partial charge in [0, 0.05) is 40.4 Å². The van der Waals surface area contributed by atoms with Gasteiger partial charge < -0.3 is 22.1 Å². The average molecular weight is 468 g/mol. The molecule has 178 valence electrons. The number of hydrogen-bond acceptors (Lipinski definition) is 4. The number of nitrogens with zero attached hydrogens (tertiary/aromatic N) is 1. The van der Waals surface area contributed by atoms with Crippen LogP contribution >= 0.6 is 0 Å². The van der Waals surface area contributed by atoms with Gasteiger partial charge in [-0.3, -0.25) is 4.99 Å². The Bertz CT molecular complexity index is 1190. The molecule has 0 bridgehead atoms. The van der Waals surface area contributed by atoms with E-state index in [0.717, 1.165) is 30.3 Å². The van der Waals surface area contributed by atoms with Gasteiger partial charge in [0.1, 0.15) is 5.84 Å². The molecule has 3 aromatic carbocycles. The number of halogens is 3. The molecule has 0 heterocycles. The van der Waals surface area contributed by atoms with Crippen molar-refractivity contribution in [2.24, 2.45) is 4.99 Å². The van der Waals surface area contributed by atoms with E-state index in [9.17, 15) is 13.2 Å². The molecule has 0 fully saturated rings. The predicted octanol–water partition coefficient (Wildman–Crippen LogP) is 5.90. The highest BCUT2D eigenvalue weighted by atomic mass is 19.4. The molecule has 0 radical (unpaired) electrons. The first-order valence-corrected chi connectivity index (χ1v) is 10.8. The first-order valence-electron chi connectivity index (χ1n) is 10.8. The van der Waals surface area contributed by atoms with Crippen molar-refractivity contribution in [3.05, 3.63) is 95.6 Å². The molecular weight excluding hydrogens is 439 g/mol. The molecule has 6 N–H and O–H groups in total. The molecule has 8 heteroatoms. The lowest BCUT2D eigenvalue weighted by atomic mass is 10.1. The number of hydrogen-bond donors (Lipinski definition) is 4. The summed E-state index contributed by atoms with van der Waals surface area (Å²) in [5.74, 6) is 0.309. The zero-order valence-corrected chi connectivity index (χ0v) is 18.9. The van der Waals surface area contributed by atoms with Crippen LogP contribution in [0.5, 0.6) is 0 Å². The van der Waals surface area contributed by atoms with Crippen LogP contribution in [0.4, 0.5) is 30.2 Å². The molecule has 34 heavy (non-hydrogen) atoms. The van der Waals surface area contributed by atoms with Crippen molar-refractivity contribution in [2.75, 3.05) is 23.3 Å². The van der Waals surface area contributed by atoms with E-state index in [1.165, 1.54) is 12.1 Å². The quantitative estimate of drug-likeness (QED) is 0.189. The third-order valence-electron chi connectivity index (χ3n) is 5.15. The lowest BCUT2D eigenvalue weighted by Crippen LogP contribution is -2.25. The smallest absolute Gasteiger partial charge is 0.399 e. The number of aliphatic imine (C=N–C) groups is 1. The summed E-state index contributed by atoms with van der Waals surface area (Å²) in [6.45, 7) is 6.75. The standard InChI is InChI=1S/C26H28F3N5/c1-3-14-32-24-13-12-19(30)15-21(24)17(2)34-25(20-9-5-7-11-23(20)31)33-16-18-8-4-6-10-22(18)26(27,28)29/h4-13,15,32H,2-3,14,16,30-31H2,1H3,(H,33,34). The van der Waals surface area contributed by atoms with Crippen LogP contribution in [-0.2, 0) is 12.7 Å². The SMILES string of the molecule is C=C(NC(=NCc1ccccc1C(F)(F)F)c1ccccc1N)c1cc(N)ccc1NCCC. The number of nitrogens with one attached hydrogen (secondary N) is 2. The van der Waals surface area contributed by atoms with Crippen molar-refractivity contribution in [3.63, 3.8) is 0 Å². The van der Waals surface area contributed by atoms with Gasteiger partial charge in [-0.05, 0) is 48.4 Å². The molecule has 0 saturated heterocycles. The van der Waals surface area contributed by atoms with Crippen LogP contribution in [0.15, 0.2) is 78.3 Å². The molecule has 0 unspecified atom stereocenters. The van der Waals surface area contributed by atoms with Gasteiger partial charge in [-0.1, -0.05) is 43.8 Å². The van der Waals surface area contributed by atoms with Gasteiger partial charge in [0.05, 0.1) is 12.1 Å². The zero-order valence-electron chi connectivity index (χ0n) is 18.9. The van der Waals surface area contributed by atoms with Gasteiger partial charge in [-0.25, -0.2) is 0 Å². The van der Waals surface area contributed by atoms with E-state index in [1.807, 2.05) is 6.07 Å². The summed E-state index contributed by atoms with van der Waals surface area (Å²) in [5, 5.41) is 6.49. The lowest BCUT2D eigenvalue weighted by Gasteiger charge is -2.19. The highest BCUT2D eigenvalue weighted by Gasteiger charge is 2.32. The number of amidine groups is 1. The van der Waals surface area contributed by atoms with Crippen molar-refractivity contribution >= 4 is 28.6 Å². The Kier molecular flexibility index (Phi) is 7.83. The van der Waals surface area contributed by atoms with Crippen LogP contribution in [0.25, 0.3) is 5.70 Å². The maximum atomic E-state index is 13.5. The van der Waals surface area contributed by atoms with E-state index in [0.29, 0.717) is 28.5 Å². The molecule has 3 rings (SSSR count). The van der Waals surface area contributed by atoms with Gasteiger partial charge in [0.2, 0.25) is 0 Å². The molecule has 0 amide bonds. The highest BCUT2D eigenvalue weighted by Crippen LogP contribution is 2.32. The Balaban J connectivity index is 1.99. The van der Waals surface area contributed by atoms with E-state index in [2.05, 4.69) is 29.1 Å². The van der Waals surface area contributed by atoms with Gasteiger partial charge >= 0.3 is 6.18 Å². The van der Waals surface area contributed by atoms with Crippen LogP contribution in [0, 0.1) is 0 Å². The van der Waals surface area contributed by atoms with Crippen LogP contribution < -0.4 is 22.1 Å². The van der Waals surface area contributed by atoms with Crippen molar-refractivity contribution in [1.29, 1.82) is 0 Å². The molecule has 0 spiro atoms. The number of nitrogen functional groups attached to an aromatic ring is 2. The second-order valence-corrected chi connectivity index (χ2v) is 7.74. The summed E-state index contributed by atoms with van der Waals surface area (Å²) in [4.78, 5) is 4.49. The Hall–Kier alpha value is -3.94. The molecule has 0 aromatic heterocycles. The van der Waals surface area contributed by atoms with Gasteiger partial charge in [0.15, 0.2) is 0 Å². The minimum absolute atomic E-state index is 0.0590. The Morgan fingerprint density at radius 1 is 0.971 bits per heavy atom. The number of para-hydroxylation sites is 1. The number of rotatable bonds is 8. The third-order valence-corrected chi connectivity index (χ3v) is 5.15. The molecule has 0 atom stereocenters. The largest absolute Gasteiger partial charge is 0.416 e. The van der Waals surface area contributed by atoms with Crippen molar-refractivity contribution in [2.45, 2.75) is 26.1 Å². The zero-order chi connectivity index (χ0) is 24.7. The maximum Gasteiger partial charge on any atom is 0.416 e. The van der Waals surface area contributed by atoms with E-state index in [1.54, 1.807) is 42.5 Å². The maximum absolute atomic E-state index is 13.5. The van der Waals surface area contributed by atoms with E-state index in [4.69, 9.17) is 11.5 Å². The third kappa shape index (κ3) is 6.10. The normalized spacial score (nSPS) is 11.8. The first kappa shape index (κ1) is 24.7. The minimum atomic E-state index is -4.48. The fourth-order valence-electron chi connectivity index (χ4n) is 3.44. The predicted molar refractivity (Wildman–Crippen MR) is 134 cm³/mol. The second kappa shape index (κ2) is 10.8. The number of anilines is 3. The van der Waals surface area contributed by atoms with Crippen molar-refractivity contribution in [3.8, 4) is 0 Å². The Morgan fingerprint density at radius 3 is 2.38 bits per heavy atom. The van der Waals surface area contributed by atoms with Crippen molar-refractivity contribution < 1.29 is 13.2 Å². The number of benzene rings is 3. The summed E-state index contributed by atoms with van der Waals surface area (Å²) >= 11 is 0.